The number of nitrogens with two attached hydrogens (primary N) is 1. The van der Waals surface area contributed by atoms with E-state index in [-0.39, 0.29) is 18.4 Å². The van der Waals surface area contributed by atoms with E-state index in [1.54, 1.807) is 4.90 Å². The van der Waals surface area contributed by atoms with Crippen LogP contribution in [0.3, 0.4) is 0 Å². The van der Waals surface area contributed by atoms with Gasteiger partial charge in [0.15, 0.2) is 0 Å². The summed E-state index contributed by atoms with van der Waals surface area (Å²) in [5, 5.41) is 2.77. The van der Waals surface area contributed by atoms with Crippen LogP contribution in [0, 0.1) is 5.41 Å². The Kier molecular flexibility index (Phi) is 4.19. The molecule has 2 heterocycles. The maximum atomic E-state index is 12.6. The van der Waals surface area contributed by atoms with Gasteiger partial charge in [-0.3, -0.25) is 9.59 Å². The molecule has 0 spiro atoms. The number of rotatable bonds is 2. The smallest absolute Gasteiger partial charge is 0.239 e. The van der Waals surface area contributed by atoms with Gasteiger partial charge in [0.1, 0.15) is 0 Å². The summed E-state index contributed by atoms with van der Waals surface area (Å²) in [5.74, 6) is -0.0644. The summed E-state index contributed by atoms with van der Waals surface area (Å²) in [6, 6.07) is 0. The van der Waals surface area contributed by atoms with E-state index in [4.69, 9.17) is 10.5 Å². The average molecular weight is 255 g/mol. The van der Waals surface area contributed by atoms with Gasteiger partial charge in [-0.1, -0.05) is 0 Å². The summed E-state index contributed by atoms with van der Waals surface area (Å²) < 4.78 is 5.30. The van der Waals surface area contributed by atoms with Crippen LogP contribution in [0.4, 0.5) is 0 Å². The number of nitrogens with zero attached hydrogens (tertiary/aromatic N) is 1. The first kappa shape index (κ1) is 13.3. The molecule has 0 saturated carbocycles. The maximum absolute atomic E-state index is 12.6. The summed E-state index contributed by atoms with van der Waals surface area (Å²) in [6.07, 6.45) is 2.11. The first-order valence-electron chi connectivity index (χ1n) is 6.52. The normalized spacial score (nSPS) is 24.3. The van der Waals surface area contributed by atoms with Gasteiger partial charge in [-0.2, -0.15) is 0 Å². The molecular formula is C12H21N3O3. The maximum Gasteiger partial charge on any atom is 0.239 e. The second-order valence-corrected chi connectivity index (χ2v) is 5.03. The van der Waals surface area contributed by atoms with Crippen LogP contribution in [0.15, 0.2) is 0 Å². The van der Waals surface area contributed by atoms with Crippen molar-refractivity contribution in [3.63, 3.8) is 0 Å². The van der Waals surface area contributed by atoms with Crippen LogP contribution in [-0.2, 0) is 14.3 Å². The van der Waals surface area contributed by atoms with Crippen molar-refractivity contribution in [2.24, 2.45) is 11.1 Å². The minimum absolute atomic E-state index is 0.0188. The van der Waals surface area contributed by atoms with Crippen molar-refractivity contribution in [1.82, 2.24) is 10.2 Å². The molecule has 0 radical (unpaired) electrons. The van der Waals surface area contributed by atoms with E-state index >= 15 is 0 Å². The van der Waals surface area contributed by atoms with Gasteiger partial charge in [-0.25, -0.2) is 0 Å². The van der Waals surface area contributed by atoms with Crippen molar-refractivity contribution in [2.45, 2.75) is 19.3 Å². The number of hydrogen-bond donors (Lipinski definition) is 2. The summed E-state index contributed by atoms with van der Waals surface area (Å²) in [7, 11) is 0. The summed E-state index contributed by atoms with van der Waals surface area (Å²) in [6.45, 7) is 2.89. The predicted octanol–water partition coefficient (Wildman–Crippen LogP) is -0.910. The number of hydrogen-bond acceptors (Lipinski definition) is 4. The lowest BCUT2D eigenvalue weighted by Gasteiger charge is -2.38. The molecule has 3 N–H and O–H groups in total. The largest absolute Gasteiger partial charge is 0.381 e. The van der Waals surface area contributed by atoms with Crippen LogP contribution in [0.2, 0.25) is 0 Å². The molecule has 2 rings (SSSR count). The van der Waals surface area contributed by atoms with Gasteiger partial charge in [0.25, 0.3) is 0 Å². The zero-order chi connectivity index (χ0) is 13.0. The highest BCUT2D eigenvalue weighted by Gasteiger charge is 2.41. The highest BCUT2D eigenvalue weighted by Crippen LogP contribution is 2.31. The first-order valence-corrected chi connectivity index (χ1v) is 6.52. The highest BCUT2D eigenvalue weighted by molar-refractivity contribution is 5.88. The SMILES string of the molecule is NCC1(C(=O)N2CCCNC(=O)C2)CCOCC1. The summed E-state index contributed by atoms with van der Waals surface area (Å²) >= 11 is 0. The fourth-order valence-corrected chi connectivity index (χ4v) is 2.58. The van der Waals surface area contributed by atoms with Crippen LogP contribution >= 0.6 is 0 Å². The molecule has 2 aliphatic rings. The Bertz CT molecular complexity index is 327. The topological polar surface area (TPSA) is 84.7 Å². The van der Waals surface area contributed by atoms with E-state index < -0.39 is 5.41 Å². The monoisotopic (exact) mass is 255 g/mol. The third-order valence-corrected chi connectivity index (χ3v) is 3.84. The van der Waals surface area contributed by atoms with Gasteiger partial charge < -0.3 is 20.7 Å². The average Bonchev–Trinajstić information content (AvgIpc) is 2.63. The fraction of sp³-hybridized carbons (Fsp3) is 0.833. The Balaban J connectivity index is 2.09. The number of carbonyl (C=O) groups excluding carboxylic acids is 2. The minimum Gasteiger partial charge on any atom is -0.381 e. The summed E-state index contributed by atoms with van der Waals surface area (Å²) in [4.78, 5) is 25.8. The Morgan fingerprint density at radius 2 is 2.17 bits per heavy atom. The zero-order valence-corrected chi connectivity index (χ0v) is 10.6. The molecule has 0 bridgehead atoms. The molecule has 6 heteroatoms. The van der Waals surface area contributed by atoms with Crippen molar-refractivity contribution in [3.05, 3.63) is 0 Å². The highest BCUT2D eigenvalue weighted by atomic mass is 16.5. The van der Waals surface area contributed by atoms with E-state index in [1.165, 1.54) is 0 Å². The standard InChI is InChI=1S/C12H21N3O3/c13-9-12(2-6-18-7-3-12)11(17)15-5-1-4-14-10(16)8-15/h1-9,13H2,(H,14,16). The van der Waals surface area contributed by atoms with Crippen molar-refractivity contribution < 1.29 is 14.3 Å². The molecule has 6 nitrogen and oxygen atoms in total. The molecule has 102 valence electrons. The van der Waals surface area contributed by atoms with E-state index in [0.29, 0.717) is 45.7 Å². The van der Waals surface area contributed by atoms with E-state index in [9.17, 15) is 9.59 Å². The molecule has 2 amide bonds. The molecule has 18 heavy (non-hydrogen) atoms. The Morgan fingerprint density at radius 1 is 1.44 bits per heavy atom. The van der Waals surface area contributed by atoms with E-state index in [1.807, 2.05) is 0 Å². The Labute approximate surface area is 107 Å². The third kappa shape index (κ3) is 2.64. The van der Waals surface area contributed by atoms with E-state index in [2.05, 4.69) is 5.32 Å². The van der Waals surface area contributed by atoms with Gasteiger partial charge in [0, 0.05) is 32.8 Å². The van der Waals surface area contributed by atoms with Gasteiger partial charge >= 0.3 is 0 Å². The molecule has 2 saturated heterocycles. The van der Waals surface area contributed by atoms with Crippen molar-refractivity contribution in [1.29, 1.82) is 0 Å². The lowest BCUT2D eigenvalue weighted by molar-refractivity contribution is -0.149. The predicted molar refractivity (Wildman–Crippen MR) is 65.7 cm³/mol. The molecule has 0 unspecified atom stereocenters. The molecular weight excluding hydrogens is 234 g/mol. The molecule has 0 aliphatic carbocycles. The van der Waals surface area contributed by atoms with Crippen molar-refractivity contribution in [2.75, 3.05) is 39.4 Å². The van der Waals surface area contributed by atoms with Crippen LogP contribution in [0.5, 0.6) is 0 Å². The molecule has 0 atom stereocenters. The quantitative estimate of drug-likeness (QED) is 0.669. The van der Waals surface area contributed by atoms with E-state index in [0.717, 1.165) is 6.42 Å². The minimum atomic E-state index is -0.525. The van der Waals surface area contributed by atoms with Gasteiger partial charge in [-0.05, 0) is 19.3 Å². The van der Waals surface area contributed by atoms with Crippen LogP contribution in [0.25, 0.3) is 0 Å². The lowest BCUT2D eigenvalue weighted by atomic mass is 9.79. The Morgan fingerprint density at radius 3 is 2.83 bits per heavy atom. The second-order valence-electron chi connectivity index (χ2n) is 5.03. The van der Waals surface area contributed by atoms with Crippen LogP contribution in [-0.4, -0.2) is 56.1 Å². The number of ether oxygens (including phenoxy) is 1. The Hall–Kier alpha value is -1.14. The molecule has 2 aliphatic heterocycles. The van der Waals surface area contributed by atoms with Gasteiger partial charge in [0.05, 0.1) is 12.0 Å². The molecule has 0 aromatic rings. The second kappa shape index (κ2) is 5.67. The van der Waals surface area contributed by atoms with Crippen molar-refractivity contribution in [3.8, 4) is 0 Å². The molecule has 0 aromatic heterocycles. The van der Waals surface area contributed by atoms with Crippen molar-refractivity contribution >= 4 is 11.8 Å². The van der Waals surface area contributed by atoms with Crippen LogP contribution in [0.1, 0.15) is 19.3 Å². The van der Waals surface area contributed by atoms with Gasteiger partial charge in [0.2, 0.25) is 11.8 Å². The molecule has 0 aromatic carbocycles. The molecule has 2 fully saturated rings. The third-order valence-electron chi connectivity index (χ3n) is 3.84. The number of carbonyl (C=O) groups is 2. The first-order chi connectivity index (χ1) is 8.68. The zero-order valence-electron chi connectivity index (χ0n) is 10.6. The lowest BCUT2D eigenvalue weighted by Crippen LogP contribution is -2.52. The van der Waals surface area contributed by atoms with Gasteiger partial charge in [-0.15, -0.1) is 0 Å². The number of amides is 2. The fourth-order valence-electron chi connectivity index (χ4n) is 2.58. The summed E-state index contributed by atoms with van der Waals surface area (Å²) in [5.41, 5.74) is 5.29. The van der Waals surface area contributed by atoms with Crippen LogP contribution < -0.4 is 11.1 Å². The number of nitrogens with one attached hydrogen (secondary N) is 1.